The topological polar surface area (TPSA) is 149 Å². The van der Waals surface area contributed by atoms with E-state index in [0.29, 0.717) is 4.57 Å². The molecule has 1 aromatic rings. The number of nitrogens with two attached hydrogens (primary N) is 1. The van der Waals surface area contributed by atoms with Crippen LogP contribution in [0.1, 0.15) is 27.0 Å². The van der Waals surface area contributed by atoms with E-state index in [2.05, 4.69) is 4.98 Å². The molecule has 148 valence electrons. The zero-order valence-corrected chi connectivity index (χ0v) is 14.7. The van der Waals surface area contributed by atoms with Gasteiger partial charge >= 0.3 is 23.6 Å². The molecule has 0 spiro atoms. The van der Waals surface area contributed by atoms with Gasteiger partial charge in [-0.3, -0.25) is 19.0 Å². The van der Waals surface area contributed by atoms with Gasteiger partial charge in [-0.15, -0.1) is 0 Å². The van der Waals surface area contributed by atoms with Crippen LogP contribution in [0.5, 0.6) is 0 Å². The van der Waals surface area contributed by atoms with Gasteiger partial charge in [-0.25, -0.2) is 9.18 Å². The number of esters is 3. The second-order valence-corrected chi connectivity index (χ2v) is 5.68. The van der Waals surface area contributed by atoms with Crippen molar-refractivity contribution in [2.75, 3.05) is 12.3 Å². The number of ether oxygens (including phenoxy) is 4. The highest BCUT2D eigenvalue weighted by Crippen LogP contribution is 2.33. The van der Waals surface area contributed by atoms with Crippen LogP contribution in [-0.4, -0.2) is 52.4 Å². The number of aromatic nitrogens is 2. The van der Waals surface area contributed by atoms with Gasteiger partial charge in [0.2, 0.25) is 0 Å². The van der Waals surface area contributed by atoms with Crippen LogP contribution in [0, 0.1) is 5.82 Å². The number of halogens is 1. The first kappa shape index (κ1) is 20.3. The number of hydrogen-bond acceptors (Lipinski definition) is 10. The van der Waals surface area contributed by atoms with E-state index in [1.807, 2.05) is 0 Å². The van der Waals surface area contributed by atoms with Crippen LogP contribution in [0.3, 0.4) is 0 Å². The third-order valence-electron chi connectivity index (χ3n) is 3.55. The maximum absolute atomic E-state index is 13.8. The Morgan fingerprint density at radius 1 is 1.19 bits per heavy atom. The summed E-state index contributed by atoms with van der Waals surface area (Å²) < 4.78 is 35.2. The van der Waals surface area contributed by atoms with Gasteiger partial charge in [-0.1, -0.05) is 0 Å². The smallest absolute Gasteiger partial charge is 0.351 e. The van der Waals surface area contributed by atoms with Crippen LogP contribution in [0.15, 0.2) is 11.0 Å². The third kappa shape index (κ3) is 4.78. The predicted molar refractivity (Wildman–Crippen MR) is 84.5 cm³/mol. The van der Waals surface area contributed by atoms with E-state index in [4.69, 9.17) is 24.7 Å². The number of hydrogen-bond donors (Lipinski definition) is 1. The molecule has 0 amide bonds. The van der Waals surface area contributed by atoms with Gasteiger partial charge in [0.1, 0.15) is 12.7 Å². The molecule has 1 saturated heterocycles. The molecule has 0 bridgehead atoms. The minimum atomic E-state index is -1.39. The summed E-state index contributed by atoms with van der Waals surface area (Å²) in [7, 11) is 0. The summed E-state index contributed by atoms with van der Waals surface area (Å²) in [6, 6.07) is 0. The summed E-state index contributed by atoms with van der Waals surface area (Å²) in [6.45, 7) is 2.99. The molecular formula is C15H18FN3O8. The van der Waals surface area contributed by atoms with Gasteiger partial charge in [0.15, 0.2) is 30.1 Å². The van der Waals surface area contributed by atoms with Crippen molar-refractivity contribution >= 4 is 23.7 Å². The van der Waals surface area contributed by atoms with Gasteiger partial charge < -0.3 is 24.7 Å². The van der Waals surface area contributed by atoms with Gasteiger partial charge in [-0.2, -0.15) is 4.98 Å². The van der Waals surface area contributed by atoms with E-state index in [1.165, 1.54) is 0 Å². The van der Waals surface area contributed by atoms with Gasteiger partial charge in [-0.05, 0) is 0 Å². The number of nitrogen functional groups attached to an aromatic ring is 1. The van der Waals surface area contributed by atoms with Gasteiger partial charge in [0.25, 0.3) is 0 Å². The normalized spacial score (nSPS) is 24.3. The average Bonchev–Trinajstić information content (AvgIpc) is 2.85. The zero-order valence-electron chi connectivity index (χ0n) is 14.7. The van der Waals surface area contributed by atoms with Crippen molar-refractivity contribution in [3.63, 3.8) is 0 Å². The Bertz CT molecular complexity index is 811. The van der Waals surface area contributed by atoms with Crippen LogP contribution in [0.4, 0.5) is 10.2 Å². The zero-order chi connectivity index (χ0) is 20.3. The molecule has 0 aliphatic carbocycles. The molecule has 12 heteroatoms. The van der Waals surface area contributed by atoms with E-state index >= 15 is 0 Å². The fourth-order valence-corrected chi connectivity index (χ4v) is 2.56. The molecule has 1 fully saturated rings. The summed E-state index contributed by atoms with van der Waals surface area (Å²) in [5.41, 5.74) is 4.27. The van der Waals surface area contributed by atoms with Crippen molar-refractivity contribution in [1.82, 2.24) is 9.55 Å². The third-order valence-corrected chi connectivity index (χ3v) is 3.55. The van der Waals surface area contributed by atoms with Crippen LogP contribution >= 0.6 is 0 Å². The molecular weight excluding hydrogens is 369 g/mol. The molecule has 0 aromatic carbocycles. The highest BCUT2D eigenvalue weighted by atomic mass is 19.1. The Morgan fingerprint density at radius 2 is 1.78 bits per heavy atom. The van der Waals surface area contributed by atoms with Crippen molar-refractivity contribution in [2.24, 2.45) is 0 Å². The SMILES string of the molecule is CC(=O)OC[C@H]1O[C@@H](n2cc(F)c(N)nc2=O)[C@@H](OC(C)=O)C1OC(C)=O. The molecule has 11 nitrogen and oxygen atoms in total. The first-order valence-electron chi connectivity index (χ1n) is 7.77. The quantitative estimate of drug-likeness (QED) is 0.507. The number of carbonyl (C=O) groups is 3. The minimum Gasteiger partial charge on any atom is -0.463 e. The van der Waals surface area contributed by atoms with Crippen LogP contribution in [-0.2, 0) is 33.3 Å². The lowest BCUT2D eigenvalue weighted by atomic mass is 10.1. The predicted octanol–water partition coefficient (Wildman–Crippen LogP) is -0.711. The fraction of sp³-hybridized carbons (Fsp3) is 0.533. The maximum Gasteiger partial charge on any atom is 0.351 e. The number of rotatable bonds is 5. The summed E-state index contributed by atoms with van der Waals surface area (Å²) in [6.07, 6.45) is -4.29. The molecule has 1 aliphatic rings. The first-order chi connectivity index (χ1) is 12.6. The lowest BCUT2D eigenvalue weighted by Crippen LogP contribution is -2.42. The van der Waals surface area contributed by atoms with Crippen molar-refractivity contribution in [3.05, 3.63) is 22.5 Å². The minimum absolute atomic E-state index is 0.360. The van der Waals surface area contributed by atoms with Crippen molar-refractivity contribution in [1.29, 1.82) is 0 Å². The van der Waals surface area contributed by atoms with E-state index in [0.717, 1.165) is 27.0 Å². The van der Waals surface area contributed by atoms with Gasteiger partial charge in [0.05, 0.1) is 6.20 Å². The van der Waals surface area contributed by atoms with E-state index in [1.54, 1.807) is 0 Å². The van der Waals surface area contributed by atoms with E-state index in [9.17, 15) is 23.6 Å². The highest BCUT2D eigenvalue weighted by molar-refractivity contribution is 5.68. The Kier molecular flexibility index (Phi) is 6.10. The molecule has 1 aromatic heterocycles. The van der Waals surface area contributed by atoms with Crippen LogP contribution in [0.25, 0.3) is 0 Å². The molecule has 2 rings (SSSR count). The second-order valence-electron chi connectivity index (χ2n) is 5.68. The number of anilines is 1. The number of nitrogens with zero attached hydrogens (tertiary/aromatic N) is 2. The molecule has 2 heterocycles. The van der Waals surface area contributed by atoms with Crippen molar-refractivity contribution in [3.8, 4) is 0 Å². The summed E-state index contributed by atoms with van der Waals surface area (Å²) in [5, 5.41) is 0. The summed E-state index contributed by atoms with van der Waals surface area (Å²) >= 11 is 0. The van der Waals surface area contributed by atoms with Crippen LogP contribution < -0.4 is 11.4 Å². The van der Waals surface area contributed by atoms with E-state index < -0.39 is 59.8 Å². The fourth-order valence-electron chi connectivity index (χ4n) is 2.56. The Balaban J connectivity index is 2.45. The Hall–Kier alpha value is -3.02. The Labute approximate surface area is 152 Å². The molecule has 1 aliphatic heterocycles. The molecule has 0 radical (unpaired) electrons. The lowest BCUT2D eigenvalue weighted by molar-refractivity contribution is -0.166. The Morgan fingerprint density at radius 3 is 2.33 bits per heavy atom. The molecule has 4 atom stereocenters. The largest absolute Gasteiger partial charge is 0.463 e. The average molecular weight is 387 g/mol. The molecule has 0 saturated carbocycles. The monoisotopic (exact) mass is 387 g/mol. The summed E-state index contributed by atoms with van der Waals surface area (Å²) in [4.78, 5) is 49.4. The molecule has 27 heavy (non-hydrogen) atoms. The lowest BCUT2D eigenvalue weighted by Gasteiger charge is -2.23. The van der Waals surface area contributed by atoms with Crippen LogP contribution in [0.2, 0.25) is 0 Å². The first-order valence-corrected chi connectivity index (χ1v) is 7.77. The van der Waals surface area contributed by atoms with E-state index in [-0.39, 0.29) is 6.61 Å². The van der Waals surface area contributed by atoms with Gasteiger partial charge in [0, 0.05) is 20.8 Å². The summed E-state index contributed by atoms with van der Waals surface area (Å²) in [5.74, 6) is -3.76. The van der Waals surface area contributed by atoms with Crippen molar-refractivity contribution < 1.29 is 37.7 Å². The highest BCUT2D eigenvalue weighted by Gasteiger charge is 2.51. The standard InChI is InChI=1S/C15H18FN3O8/c1-6(20)24-5-10-11(25-7(2)21)12(26-8(3)22)14(27-10)19-4-9(16)13(17)18-15(19)23/h4,10-12,14H,5H2,1-3H3,(H2,17,18,23)/t10-,11?,12+,14-/m1/s1. The second kappa shape index (κ2) is 8.12. The molecule has 2 N–H and O–H groups in total. The maximum atomic E-state index is 13.8. The molecule has 1 unspecified atom stereocenters. The van der Waals surface area contributed by atoms with Crippen molar-refractivity contribution in [2.45, 2.75) is 45.3 Å². The number of carbonyl (C=O) groups excluding carboxylic acids is 3.